The second kappa shape index (κ2) is 16.6. The number of hydrogen-bond acceptors (Lipinski definition) is 12. The van der Waals surface area contributed by atoms with Gasteiger partial charge in [-0.25, -0.2) is 0 Å². The highest BCUT2D eigenvalue weighted by molar-refractivity contribution is 5.45. The zero-order valence-electron chi connectivity index (χ0n) is 22.3. The Hall–Kier alpha value is -3.40. The van der Waals surface area contributed by atoms with Crippen LogP contribution in [0, 0.1) is 20.2 Å². The number of phenolic OH excluding ortho intramolecular Hbond substituents is 2. The van der Waals surface area contributed by atoms with E-state index in [1.807, 2.05) is 9.80 Å². The summed E-state index contributed by atoms with van der Waals surface area (Å²) in [6.45, 7) is 5.30. The molecule has 14 nitrogen and oxygen atoms in total. The third-order valence-electron chi connectivity index (χ3n) is 6.26. The van der Waals surface area contributed by atoms with Crippen LogP contribution in [0.1, 0.15) is 11.1 Å². The molecule has 0 amide bonds. The Bertz CT molecular complexity index is 998. The maximum Gasteiger partial charge on any atom is 0.274 e. The molecule has 0 saturated carbocycles. The molecule has 1 heterocycles. The first kappa shape index (κ1) is 31.1. The minimum Gasteiger partial charge on any atom is -0.508 e. The first-order valence-corrected chi connectivity index (χ1v) is 13.0. The number of aromatic hydroxyl groups is 2. The standard InChI is InChI=1S/C26H36N4O10/c31-23-1-3-25(29(33)34)21(17-23)19-27-5-9-37-13-15-39-11-7-28(8-12-40-16-14-38-10-6-27)20-22-18-24(32)2-4-26(22)30(35)36/h1-4,17-18,31-32H,5-16,19-20H2. The Morgan fingerprint density at radius 1 is 0.600 bits per heavy atom. The Kier molecular flexibility index (Phi) is 13.0. The van der Waals surface area contributed by atoms with Crippen LogP contribution in [-0.4, -0.2) is 109 Å². The molecule has 2 N–H and O–H groups in total. The number of phenols is 2. The molecule has 14 heteroatoms. The molecule has 0 unspecified atom stereocenters. The Balaban J connectivity index is 1.54. The normalized spacial score (nSPS) is 18.0. The molecule has 0 atom stereocenters. The molecular formula is C26H36N4O10. The van der Waals surface area contributed by atoms with Gasteiger partial charge < -0.3 is 29.2 Å². The van der Waals surface area contributed by atoms with Crippen molar-refractivity contribution in [2.24, 2.45) is 0 Å². The first-order valence-electron chi connectivity index (χ1n) is 13.0. The molecule has 1 aliphatic heterocycles. The molecule has 1 saturated heterocycles. The van der Waals surface area contributed by atoms with Gasteiger partial charge >= 0.3 is 0 Å². The average Bonchev–Trinajstić information content (AvgIpc) is 2.90. The second-order valence-electron chi connectivity index (χ2n) is 9.14. The maximum atomic E-state index is 11.4. The van der Waals surface area contributed by atoms with E-state index >= 15 is 0 Å². The van der Waals surface area contributed by atoms with Crippen LogP contribution in [0.5, 0.6) is 11.5 Å². The summed E-state index contributed by atoms with van der Waals surface area (Å²) in [5, 5.41) is 42.5. The van der Waals surface area contributed by atoms with Crippen molar-refractivity contribution in [3.8, 4) is 11.5 Å². The highest BCUT2D eigenvalue weighted by atomic mass is 16.6. The fraction of sp³-hybridized carbons (Fsp3) is 0.538. The molecule has 0 radical (unpaired) electrons. The van der Waals surface area contributed by atoms with Gasteiger partial charge in [-0.15, -0.1) is 0 Å². The molecule has 1 aliphatic rings. The van der Waals surface area contributed by atoms with Gasteiger partial charge in [0.15, 0.2) is 0 Å². The van der Waals surface area contributed by atoms with Gasteiger partial charge in [-0.1, -0.05) is 0 Å². The van der Waals surface area contributed by atoms with Crippen LogP contribution in [0.4, 0.5) is 11.4 Å². The van der Waals surface area contributed by atoms with Gasteiger partial charge in [0.25, 0.3) is 11.4 Å². The number of rotatable bonds is 6. The molecule has 40 heavy (non-hydrogen) atoms. The lowest BCUT2D eigenvalue weighted by Crippen LogP contribution is -2.33. The lowest BCUT2D eigenvalue weighted by atomic mass is 10.1. The summed E-state index contributed by atoms with van der Waals surface area (Å²) < 4.78 is 22.8. The van der Waals surface area contributed by atoms with E-state index in [1.165, 1.54) is 36.4 Å². The van der Waals surface area contributed by atoms with Crippen LogP contribution >= 0.6 is 0 Å². The molecule has 220 valence electrons. The smallest absolute Gasteiger partial charge is 0.274 e. The summed E-state index contributed by atoms with van der Waals surface area (Å²) in [6, 6.07) is 7.97. The number of nitrogens with zero attached hydrogens (tertiary/aromatic N) is 4. The molecule has 0 aromatic heterocycles. The fourth-order valence-electron chi connectivity index (χ4n) is 4.19. The zero-order valence-corrected chi connectivity index (χ0v) is 22.3. The average molecular weight is 565 g/mol. The third-order valence-corrected chi connectivity index (χ3v) is 6.26. The molecule has 2 aromatic carbocycles. The summed E-state index contributed by atoms with van der Waals surface area (Å²) >= 11 is 0. The van der Waals surface area contributed by atoms with Crippen LogP contribution < -0.4 is 0 Å². The van der Waals surface area contributed by atoms with Gasteiger partial charge in [0, 0.05) is 62.5 Å². The van der Waals surface area contributed by atoms with E-state index in [0.29, 0.717) is 90.2 Å². The van der Waals surface area contributed by atoms with E-state index in [4.69, 9.17) is 18.9 Å². The quantitative estimate of drug-likeness (QED) is 0.388. The predicted molar refractivity (Wildman–Crippen MR) is 143 cm³/mol. The van der Waals surface area contributed by atoms with Gasteiger partial charge in [0.2, 0.25) is 0 Å². The van der Waals surface area contributed by atoms with Gasteiger partial charge in [-0.05, 0) is 24.3 Å². The van der Waals surface area contributed by atoms with Gasteiger partial charge in [0.1, 0.15) is 11.5 Å². The topological polar surface area (TPSA) is 170 Å². The van der Waals surface area contributed by atoms with E-state index in [0.717, 1.165) is 0 Å². The lowest BCUT2D eigenvalue weighted by molar-refractivity contribution is -0.385. The predicted octanol–water partition coefficient (Wildman–Crippen LogP) is 2.30. The summed E-state index contributed by atoms with van der Waals surface area (Å²) in [5.41, 5.74) is 0.682. The summed E-state index contributed by atoms with van der Waals surface area (Å²) in [6.07, 6.45) is 0. The number of ether oxygens (including phenoxy) is 4. The zero-order chi connectivity index (χ0) is 28.7. The van der Waals surface area contributed by atoms with Crippen LogP contribution in [-0.2, 0) is 32.0 Å². The monoisotopic (exact) mass is 564 g/mol. The van der Waals surface area contributed by atoms with Crippen LogP contribution in [0.2, 0.25) is 0 Å². The Morgan fingerprint density at radius 3 is 1.23 bits per heavy atom. The number of benzene rings is 2. The number of nitro groups is 2. The van der Waals surface area contributed by atoms with Gasteiger partial charge in [-0.2, -0.15) is 0 Å². The highest BCUT2D eigenvalue weighted by Gasteiger charge is 2.19. The third kappa shape index (κ3) is 10.6. The molecule has 0 spiro atoms. The first-order chi connectivity index (χ1) is 19.3. The molecule has 1 fully saturated rings. The van der Waals surface area contributed by atoms with Crippen molar-refractivity contribution in [1.82, 2.24) is 9.80 Å². The SMILES string of the molecule is O=[N+]([O-])c1ccc(O)cc1CN1CCOCCOCCN(Cc2cc(O)ccc2[N+](=O)[O-])CCOCCOCC1. The largest absolute Gasteiger partial charge is 0.508 e. The van der Waals surface area contributed by atoms with Gasteiger partial charge in [0.05, 0.1) is 62.7 Å². The van der Waals surface area contributed by atoms with Crippen molar-refractivity contribution < 1.29 is 39.0 Å². The molecule has 3 rings (SSSR count). The molecular weight excluding hydrogens is 528 g/mol. The lowest BCUT2D eigenvalue weighted by Gasteiger charge is -2.24. The van der Waals surface area contributed by atoms with Crippen LogP contribution in [0.25, 0.3) is 0 Å². The minimum absolute atomic E-state index is 0.0394. The second-order valence-corrected chi connectivity index (χ2v) is 9.14. The van der Waals surface area contributed by atoms with E-state index in [2.05, 4.69) is 0 Å². The van der Waals surface area contributed by atoms with Crippen LogP contribution in [0.15, 0.2) is 36.4 Å². The van der Waals surface area contributed by atoms with E-state index in [-0.39, 0.29) is 36.0 Å². The fourth-order valence-corrected chi connectivity index (χ4v) is 4.19. The number of nitro benzene ring substituents is 2. The van der Waals surface area contributed by atoms with E-state index in [1.54, 1.807) is 0 Å². The van der Waals surface area contributed by atoms with Crippen molar-refractivity contribution in [2.75, 3.05) is 79.0 Å². The number of hydrogen-bond donors (Lipinski definition) is 2. The molecule has 2 aromatic rings. The van der Waals surface area contributed by atoms with Crippen molar-refractivity contribution in [1.29, 1.82) is 0 Å². The summed E-state index contributed by atoms with van der Waals surface area (Å²) in [4.78, 5) is 25.8. The van der Waals surface area contributed by atoms with E-state index < -0.39 is 9.85 Å². The van der Waals surface area contributed by atoms with Crippen molar-refractivity contribution in [3.05, 3.63) is 67.8 Å². The highest BCUT2D eigenvalue weighted by Crippen LogP contribution is 2.25. The molecule has 0 bridgehead atoms. The Labute approximate surface area is 231 Å². The van der Waals surface area contributed by atoms with Crippen molar-refractivity contribution in [3.63, 3.8) is 0 Å². The van der Waals surface area contributed by atoms with Gasteiger partial charge in [-0.3, -0.25) is 30.0 Å². The summed E-state index contributed by atoms with van der Waals surface area (Å²) in [7, 11) is 0. The Morgan fingerprint density at radius 2 is 0.925 bits per heavy atom. The molecule has 0 aliphatic carbocycles. The van der Waals surface area contributed by atoms with Crippen LogP contribution in [0.3, 0.4) is 0 Å². The van der Waals surface area contributed by atoms with Crippen molar-refractivity contribution >= 4 is 11.4 Å². The van der Waals surface area contributed by atoms with E-state index in [9.17, 15) is 30.4 Å². The minimum atomic E-state index is -0.468. The maximum absolute atomic E-state index is 11.4. The summed E-state index contributed by atoms with van der Waals surface area (Å²) in [5.74, 6) is -0.0787. The van der Waals surface area contributed by atoms with Crippen molar-refractivity contribution in [2.45, 2.75) is 13.1 Å².